The number of rotatable bonds is 8. The van der Waals surface area contributed by atoms with E-state index in [2.05, 4.69) is 5.32 Å². The van der Waals surface area contributed by atoms with Crippen molar-refractivity contribution in [3.63, 3.8) is 0 Å². The van der Waals surface area contributed by atoms with Gasteiger partial charge in [0.05, 0.1) is 6.04 Å². The third-order valence-corrected chi connectivity index (χ3v) is 2.04. The number of carbonyl (C=O) groups excluding carboxylic acids is 3. The molecule has 0 aromatic rings. The van der Waals surface area contributed by atoms with E-state index in [9.17, 15) is 14.4 Å². The zero-order valence-electron chi connectivity index (χ0n) is 9.29. The molecule has 16 heavy (non-hydrogen) atoms. The normalized spacial score (nSPS) is 15.9. The second kappa shape index (κ2) is 7.08. The number of nitrogens with two attached hydrogens (primary N) is 2. The highest BCUT2D eigenvalue weighted by Gasteiger charge is 2.28. The van der Waals surface area contributed by atoms with E-state index in [4.69, 9.17) is 11.5 Å². The van der Waals surface area contributed by atoms with Crippen molar-refractivity contribution in [2.45, 2.75) is 44.3 Å². The molecule has 0 heterocycles. The minimum atomic E-state index is -1.52. The molecule has 0 spiro atoms. The van der Waals surface area contributed by atoms with E-state index in [0.29, 0.717) is 12.8 Å². The average molecular weight is 227 g/mol. The molecule has 5 N–H and O–H groups in total. The van der Waals surface area contributed by atoms with Crippen molar-refractivity contribution < 1.29 is 14.4 Å². The molecule has 0 bridgehead atoms. The molecule has 0 unspecified atom stereocenters. The van der Waals surface area contributed by atoms with Gasteiger partial charge in [-0.05, 0) is 26.2 Å². The standard InChI is InChI=1S/C10H17N3O3/c1-8(11)9(16)13-10(12,7-15)5-3-2-4-6-14/h8H,2-5,11-12H2,1H3,(H,13,16)/t8-,10+/m1/s1. The smallest absolute Gasteiger partial charge is 0.242 e. The van der Waals surface area contributed by atoms with Crippen LogP contribution in [-0.2, 0) is 14.4 Å². The number of hydrogen-bond donors (Lipinski definition) is 3. The second-order valence-electron chi connectivity index (χ2n) is 3.70. The Balaban J connectivity index is 4.14. The van der Waals surface area contributed by atoms with Crippen LogP contribution in [0.2, 0.25) is 0 Å². The fourth-order valence-electron chi connectivity index (χ4n) is 1.07. The van der Waals surface area contributed by atoms with Gasteiger partial charge < -0.3 is 16.8 Å². The lowest BCUT2D eigenvalue weighted by atomic mass is 10.0. The third-order valence-electron chi connectivity index (χ3n) is 2.04. The van der Waals surface area contributed by atoms with Crippen LogP contribution in [0, 0.1) is 0 Å². The molecule has 1 amide bonds. The van der Waals surface area contributed by atoms with Gasteiger partial charge in [-0.2, -0.15) is 0 Å². The monoisotopic (exact) mass is 227 g/mol. The summed E-state index contributed by atoms with van der Waals surface area (Å²) in [5.41, 5.74) is 9.41. The maximum absolute atomic E-state index is 11.2. The topological polar surface area (TPSA) is 115 Å². The quantitative estimate of drug-likeness (QED) is 0.359. The number of hydrogen-bond acceptors (Lipinski definition) is 5. The number of carbonyl (C=O) groups is 1. The van der Waals surface area contributed by atoms with Gasteiger partial charge in [0.15, 0.2) is 11.9 Å². The fraction of sp³-hybridized carbons (Fsp3) is 0.700. The molecule has 2 atom stereocenters. The molecule has 0 aliphatic rings. The van der Waals surface area contributed by atoms with E-state index in [-0.39, 0.29) is 12.8 Å². The maximum atomic E-state index is 11.2. The van der Waals surface area contributed by atoms with E-state index < -0.39 is 17.6 Å². The molecule has 0 saturated heterocycles. The summed E-state index contributed by atoms with van der Waals surface area (Å²) in [5.74, 6) is -0.507. The first-order valence-corrected chi connectivity index (χ1v) is 5.06. The largest absolute Gasteiger partial charge is 0.330 e. The summed E-state index contributed by atoms with van der Waals surface area (Å²) >= 11 is 0. The van der Waals surface area contributed by atoms with Gasteiger partial charge in [-0.25, -0.2) is 0 Å². The highest BCUT2D eigenvalue weighted by Crippen LogP contribution is 2.07. The zero-order chi connectivity index (χ0) is 12.6. The van der Waals surface area contributed by atoms with Crippen LogP contribution in [0.4, 0.5) is 0 Å². The molecule has 0 rings (SSSR count). The Bertz CT molecular complexity index is 256. The van der Waals surface area contributed by atoms with Crippen molar-refractivity contribution in [1.29, 1.82) is 0 Å². The van der Waals surface area contributed by atoms with E-state index in [1.54, 1.807) is 12.6 Å². The van der Waals surface area contributed by atoms with Crippen LogP contribution in [0.25, 0.3) is 0 Å². The van der Waals surface area contributed by atoms with Gasteiger partial charge in [0.25, 0.3) is 0 Å². The molecular weight excluding hydrogens is 210 g/mol. The van der Waals surface area contributed by atoms with Gasteiger partial charge in [-0.3, -0.25) is 14.4 Å². The highest BCUT2D eigenvalue weighted by atomic mass is 16.2. The predicted octanol–water partition coefficient (Wildman–Crippen LogP) is -1.12. The van der Waals surface area contributed by atoms with Gasteiger partial charge in [-0.15, -0.1) is 0 Å². The lowest BCUT2D eigenvalue weighted by molar-refractivity contribution is -0.123. The number of unbranched alkanes of at least 4 members (excludes halogenated alkanes) is 2. The lowest BCUT2D eigenvalue weighted by Gasteiger charge is -2.24. The summed E-state index contributed by atoms with van der Waals surface area (Å²) in [4.78, 5) is 31.9. The molecule has 0 aliphatic heterocycles. The van der Waals surface area contributed by atoms with Crippen LogP contribution in [0.15, 0.2) is 0 Å². The average Bonchev–Trinajstić information content (AvgIpc) is 2.24. The summed E-state index contributed by atoms with van der Waals surface area (Å²) in [7, 11) is 0. The predicted molar refractivity (Wildman–Crippen MR) is 58.6 cm³/mol. The van der Waals surface area contributed by atoms with Crippen molar-refractivity contribution >= 4 is 18.5 Å². The summed E-state index contributed by atoms with van der Waals surface area (Å²) in [6.07, 6.45) is 4.92. The molecular formula is C10H17N3O3. The number of amides is 1. The Hall–Kier alpha value is -1.27. The van der Waals surface area contributed by atoms with E-state index >= 15 is 0 Å². The fourth-order valence-corrected chi connectivity index (χ4v) is 1.07. The van der Waals surface area contributed by atoms with Gasteiger partial charge >= 0.3 is 0 Å². The summed E-state index contributed by atoms with van der Waals surface area (Å²) in [6, 6.07) is -0.736. The Kier molecular flexibility index (Phi) is 6.52. The third kappa shape index (κ3) is 5.57. The molecule has 0 saturated carbocycles. The van der Waals surface area contributed by atoms with Crippen molar-refractivity contribution in [3.8, 4) is 0 Å². The van der Waals surface area contributed by atoms with Crippen LogP contribution < -0.4 is 16.8 Å². The van der Waals surface area contributed by atoms with Gasteiger partial charge in [0.1, 0.15) is 0 Å². The molecule has 6 nitrogen and oxygen atoms in total. The summed E-state index contributed by atoms with van der Waals surface area (Å²) < 4.78 is 0. The minimum absolute atomic E-state index is 0.219. The van der Waals surface area contributed by atoms with Crippen molar-refractivity contribution in [2.24, 2.45) is 11.5 Å². The van der Waals surface area contributed by atoms with Gasteiger partial charge in [0, 0.05) is 6.42 Å². The van der Waals surface area contributed by atoms with Crippen LogP contribution in [-0.4, -0.2) is 30.2 Å². The second-order valence-corrected chi connectivity index (χ2v) is 3.70. The Morgan fingerprint density at radius 3 is 2.50 bits per heavy atom. The van der Waals surface area contributed by atoms with E-state index in [0.717, 1.165) is 0 Å². The van der Waals surface area contributed by atoms with E-state index in [1.807, 2.05) is 0 Å². The first-order chi connectivity index (χ1) is 7.45. The SMILES string of the molecule is C[C@@H](N)C(=O)N[C@](N)([C]=O)CCCC[C]=O. The van der Waals surface area contributed by atoms with Crippen LogP contribution in [0.3, 0.4) is 0 Å². The van der Waals surface area contributed by atoms with Crippen molar-refractivity contribution in [2.75, 3.05) is 0 Å². The Morgan fingerprint density at radius 1 is 1.44 bits per heavy atom. The molecule has 0 aliphatic carbocycles. The highest BCUT2D eigenvalue weighted by molar-refractivity contribution is 5.85. The van der Waals surface area contributed by atoms with Gasteiger partial charge in [0.2, 0.25) is 12.2 Å². The maximum Gasteiger partial charge on any atom is 0.242 e. The molecule has 90 valence electrons. The van der Waals surface area contributed by atoms with Crippen LogP contribution >= 0.6 is 0 Å². The van der Waals surface area contributed by atoms with Crippen LogP contribution in [0.1, 0.15) is 32.6 Å². The summed E-state index contributed by atoms with van der Waals surface area (Å²) in [5, 5.41) is 2.31. The van der Waals surface area contributed by atoms with E-state index in [1.165, 1.54) is 6.92 Å². The molecule has 6 heteroatoms. The zero-order valence-corrected chi connectivity index (χ0v) is 9.29. The first-order valence-electron chi connectivity index (χ1n) is 5.06. The first kappa shape index (κ1) is 14.7. The van der Waals surface area contributed by atoms with Gasteiger partial charge in [-0.1, -0.05) is 0 Å². The Morgan fingerprint density at radius 2 is 2.06 bits per heavy atom. The van der Waals surface area contributed by atoms with Crippen molar-refractivity contribution in [3.05, 3.63) is 0 Å². The molecule has 0 fully saturated rings. The molecule has 2 radical (unpaired) electrons. The summed E-state index contributed by atoms with van der Waals surface area (Å²) in [6.45, 7) is 1.49. The molecule has 0 aromatic carbocycles. The lowest BCUT2D eigenvalue weighted by Crippen LogP contribution is -2.60. The van der Waals surface area contributed by atoms with Crippen LogP contribution in [0.5, 0.6) is 0 Å². The molecule has 0 aromatic heterocycles. The minimum Gasteiger partial charge on any atom is -0.330 e. The van der Waals surface area contributed by atoms with Crippen molar-refractivity contribution in [1.82, 2.24) is 5.32 Å². The number of nitrogens with one attached hydrogen (secondary N) is 1. The Labute approximate surface area is 94.7 Å².